The zero-order valence-corrected chi connectivity index (χ0v) is 17.2. The van der Waals surface area contributed by atoms with Crippen molar-refractivity contribution >= 4 is 28.2 Å². The summed E-state index contributed by atoms with van der Waals surface area (Å²) in [7, 11) is 1.64. The van der Waals surface area contributed by atoms with Gasteiger partial charge < -0.3 is 24.4 Å². The first-order chi connectivity index (χ1) is 13.5. The molecule has 0 amide bonds. The Morgan fingerprint density at radius 3 is 2.82 bits per heavy atom. The Bertz CT molecular complexity index is 1010. The molecule has 0 radical (unpaired) electrons. The van der Waals surface area contributed by atoms with Crippen LogP contribution in [0.25, 0.3) is 10.9 Å². The topological polar surface area (TPSA) is 70.5 Å². The van der Waals surface area contributed by atoms with E-state index >= 15 is 0 Å². The first-order valence-corrected chi connectivity index (χ1v) is 9.56. The van der Waals surface area contributed by atoms with E-state index in [1.807, 2.05) is 36.1 Å². The molecule has 0 spiro atoms. The number of nitrogens with one attached hydrogen (secondary N) is 2. The quantitative estimate of drug-likeness (QED) is 0.469. The molecule has 0 unspecified atom stereocenters. The Kier molecular flexibility index (Phi) is 6.49. The number of rotatable bonds is 7. The van der Waals surface area contributed by atoms with E-state index < -0.39 is 0 Å². The van der Waals surface area contributed by atoms with Gasteiger partial charge in [-0.15, -0.1) is 0 Å². The number of fused-ring (bicyclic) bond motifs is 1. The molecule has 28 heavy (non-hydrogen) atoms. The minimum atomic E-state index is -0.110. The van der Waals surface area contributed by atoms with E-state index in [4.69, 9.17) is 21.4 Å². The van der Waals surface area contributed by atoms with Gasteiger partial charge in [-0.2, -0.15) is 0 Å². The van der Waals surface area contributed by atoms with Crippen molar-refractivity contribution < 1.29 is 9.15 Å². The van der Waals surface area contributed by atoms with Gasteiger partial charge in [0.2, 0.25) is 0 Å². The minimum Gasteiger partial charge on any atom is -0.467 e. The zero-order chi connectivity index (χ0) is 20.1. The highest BCUT2D eigenvalue weighted by Gasteiger charge is 2.15. The lowest BCUT2D eigenvalue weighted by atomic mass is 10.0. The second-order valence-corrected chi connectivity index (χ2v) is 7.21. The molecule has 148 valence electrons. The van der Waals surface area contributed by atoms with Crippen LogP contribution >= 0.6 is 12.2 Å². The van der Waals surface area contributed by atoms with Gasteiger partial charge in [-0.3, -0.25) is 4.79 Å². The van der Waals surface area contributed by atoms with Crippen LogP contribution < -0.4 is 10.9 Å². The Labute approximate surface area is 169 Å². The Balaban J connectivity index is 1.89. The molecule has 2 N–H and O–H groups in total. The summed E-state index contributed by atoms with van der Waals surface area (Å²) in [5.41, 5.74) is 3.65. The van der Waals surface area contributed by atoms with Crippen molar-refractivity contribution in [1.29, 1.82) is 0 Å². The highest BCUT2D eigenvalue weighted by Crippen LogP contribution is 2.19. The number of benzene rings is 1. The van der Waals surface area contributed by atoms with Gasteiger partial charge in [-0.05, 0) is 61.5 Å². The van der Waals surface area contributed by atoms with E-state index in [9.17, 15) is 4.79 Å². The van der Waals surface area contributed by atoms with E-state index in [2.05, 4.69) is 23.3 Å². The second-order valence-electron chi connectivity index (χ2n) is 6.83. The monoisotopic (exact) mass is 399 g/mol. The van der Waals surface area contributed by atoms with Crippen LogP contribution in [0.2, 0.25) is 0 Å². The summed E-state index contributed by atoms with van der Waals surface area (Å²) in [6.45, 7) is 6.05. The molecular weight excluding hydrogens is 374 g/mol. The number of pyridine rings is 1. The summed E-state index contributed by atoms with van der Waals surface area (Å²) in [6.07, 6.45) is 1.63. The smallest absolute Gasteiger partial charge is 0.253 e. The maximum Gasteiger partial charge on any atom is 0.253 e. The average Bonchev–Trinajstić information content (AvgIpc) is 3.15. The fourth-order valence-corrected chi connectivity index (χ4v) is 3.43. The van der Waals surface area contributed by atoms with Crippen molar-refractivity contribution in [3.63, 3.8) is 0 Å². The highest BCUT2D eigenvalue weighted by molar-refractivity contribution is 7.80. The summed E-state index contributed by atoms with van der Waals surface area (Å²) >= 11 is 5.55. The number of aryl methyl sites for hydroxylation is 2. The maximum atomic E-state index is 12.7. The van der Waals surface area contributed by atoms with Crippen LogP contribution in [-0.4, -0.2) is 35.3 Å². The van der Waals surface area contributed by atoms with Crippen LogP contribution in [0, 0.1) is 13.8 Å². The molecular formula is C21H25N3O3S. The first kappa shape index (κ1) is 20.1. The molecule has 2 heterocycles. The van der Waals surface area contributed by atoms with Crippen molar-refractivity contribution in [3.05, 3.63) is 69.4 Å². The van der Waals surface area contributed by atoms with Gasteiger partial charge >= 0.3 is 0 Å². The second kappa shape index (κ2) is 9.03. The van der Waals surface area contributed by atoms with Gasteiger partial charge in [-0.1, -0.05) is 6.07 Å². The lowest BCUT2D eigenvalue weighted by molar-refractivity contribution is 0.202. The molecule has 0 saturated heterocycles. The number of hydrogen-bond donors (Lipinski definition) is 2. The predicted octanol–water partition coefficient (Wildman–Crippen LogP) is 3.26. The van der Waals surface area contributed by atoms with Crippen molar-refractivity contribution in [2.24, 2.45) is 0 Å². The fourth-order valence-electron chi connectivity index (χ4n) is 3.20. The number of aromatic nitrogens is 1. The highest BCUT2D eigenvalue weighted by atomic mass is 32.1. The van der Waals surface area contributed by atoms with E-state index in [1.165, 1.54) is 0 Å². The Morgan fingerprint density at radius 1 is 1.29 bits per heavy atom. The molecule has 0 bridgehead atoms. The third-order valence-electron chi connectivity index (χ3n) is 4.55. The normalized spacial score (nSPS) is 11.0. The van der Waals surface area contributed by atoms with Crippen molar-refractivity contribution in [2.75, 3.05) is 20.3 Å². The summed E-state index contributed by atoms with van der Waals surface area (Å²) in [5.74, 6) is 0.778. The first-order valence-electron chi connectivity index (χ1n) is 9.15. The van der Waals surface area contributed by atoms with E-state index in [0.717, 1.165) is 27.8 Å². The summed E-state index contributed by atoms with van der Waals surface area (Å²) in [4.78, 5) is 17.6. The van der Waals surface area contributed by atoms with Gasteiger partial charge in [0.25, 0.3) is 5.56 Å². The van der Waals surface area contributed by atoms with Gasteiger partial charge in [0.05, 0.1) is 26.0 Å². The predicted molar refractivity (Wildman–Crippen MR) is 114 cm³/mol. The number of aromatic amines is 1. The summed E-state index contributed by atoms with van der Waals surface area (Å²) in [5, 5.41) is 4.76. The number of nitrogens with zero attached hydrogens (tertiary/aromatic N) is 1. The lowest BCUT2D eigenvalue weighted by Gasteiger charge is -2.25. The van der Waals surface area contributed by atoms with Crippen LogP contribution in [0.3, 0.4) is 0 Å². The lowest BCUT2D eigenvalue weighted by Crippen LogP contribution is -2.41. The van der Waals surface area contributed by atoms with Crippen LogP contribution in [0.4, 0.5) is 0 Å². The van der Waals surface area contributed by atoms with Gasteiger partial charge in [0.1, 0.15) is 5.76 Å². The molecule has 7 heteroatoms. The maximum absolute atomic E-state index is 12.7. The van der Waals surface area contributed by atoms with E-state index in [1.54, 1.807) is 13.4 Å². The van der Waals surface area contributed by atoms with Crippen molar-refractivity contribution in [2.45, 2.75) is 26.9 Å². The molecule has 3 rings (SSSR count). The number of hydrogen-bond acceptors (Lipinski definition) is 4. The van der Waals surface area contributed by atoms with Crippen LogP contribution in [0.1, 0.15) is 22.5 Å². The van der Waals surface area contributed by atoms with Crippen molar-refractivity contribution in [1.82, 2.24) is 15.2 Å². The molecule has 0 aliphatic carbocycles. The van der Waals surface area contributed by atoms with Crippen molar-refractivity contribution in [3.8, 4) is 0 Å². The van der Waals surface area contributed by atoms with Crippen LogP contribution in [-0.2, 0) is 17.8 Å². The Morgan fingerprint density at radius 2 is 2.11 bits per heavy atom. The molecule has 1 aromatic carbocycles. The SMILES string of the molecule is COCCNC(=S)N(Cc1ccco1)Cc1cc2c(C)cc(C)cc2[nH]c1=O. The van der Waals surface area contributed by atoms with Gasteiger partial charge in [0, 0.05) is 30.1 Å². The molecule has 0 fully saturated rings. The number of ether oxygens (including phenoxy) is 1. The number of methoxy groups -OCH3 is 1. The Hall–Kier alpha value is -2.64. The number of furan rings is 1. The standard InChI is InChI=1S/C21H25N3O3S/c1-14-9-15(2)18-11-16(20(25)23-19(18)10-14)12-24(13-17-5-4-7-27-17)21(28)22-6-8-26-3/h4-5,7,9-11H,6,8,12-13H2,1-3H3,(H,22,28)(H,23,25). The average molecular weight is 400 g/mol. The molecule has 0 saturated carbocycles. The molecule has 0 atom stereocenters. The van der Waals surface area contributed by atoms with Gasteiger partial charge in [0.15, 0.2) is 5.11 Å². The van der Waals surface area contributed by atoms with E-state index in [0.29, 0.717) is 36.9 Å². The van der Waals surface area contributed by atoms with E-state index in [-0.39, 0.29) is 5.56 Å². The third kappa shape index (κ3) is 4.79. The fraction of sp³-hybridized carbons (Fsp3) is 0.333. The summed E-state index contributed by atoms with van der Waals surface area (Å²) in [6, 6.07) is 9.79. The molecule has 6 nitrogen and oxygen atoms in total. The zero-order valence-electron chi connectivity index (χ0n) is 16.4. The van der Waals surface area contributed by atoms with Crippen LogP contribution in [0.15, 0.2) is 45.8 Å². The minimum absolute atomic E-state index is 0.110. The van der Waals surface area contributed by atoms with Crippen LogP contribution in [0.5, 0.6) is 0 Å². The van der Waals surface area contributed by atoms with Gasteiger partial charge in [-0.25, -0.2) is 0 Å². The largest absolute Gasteiger partial charge is 0.467 e. The number of H-pyrrole nitrogens is 1. The molecule has 0 aliphatic rings. The summed E-state index contributed by atoms with van der Waals surface area (Å²) < 4.78 is 10.5. The molecule has 3 aromatic rings. The molecule has 0 aliphatic heterocycles. The number of thiocarbonyl (C=S) groups is 1. The molecule has 2 aromatic heterocycles. The third-order valence-corrected chi connectivity index (χ3v) is 4.95.